The molecule has 19 heavy (non-hydrogen) atoms. The lowest BCUT2D eigenvalue weighted by molar-refractivity contribution is -0.145. The predicted molar refractivity (Wildman–Crippen MR) is 74.0 cm³/mol. The zero-order valence-corrected chi connectivity index (χ0v) is 12.7. The summed E-state index contributed by atoms with van der Waals surface area (Å²) < 4.78 is 22.9. The van der Waals surface area contributed by atoms with Gasteiger partial charge in [0.2, 0.25) is 0 Å². The lowest BCUT2D eigenvalue weighted by atomic mass is 10.0. The third-order valence-electron chi connectivity index (χ3n) is 3.63. The van der Waals surface area contributed by atoms with Gasteiger partial charge in [-0.2, -0.15) is 0 Å². The number of nitrogens with one attached hydrogen (secondary N) is 1. The number of carboxylic acid groups (broad SMARTS) is 1. The second-order valence-electron chi connectivity index (χ2n) is 5.54. The second-order valence-corrected chi connectivity index (χ2v) is 7.76. The third kappa shape index (κ3) is 4.43. The number of sulfone groups is 1. The largest absolute Gasteiger partial charge is 0.480 e. The van der Waals surface area contributed by atoms with Crippen molar-refractivity contribution in [1.82, 2.24) is 10.2 Å². The van der Waals surface area contributed by atoms with Crippen LogP contribution in [0, 0.1) is 0 Å². The van der Waals surface area contributed by atoms with Gasteiger partial charge in [0.05, 0.1) is 11.5 Å². The molecule has 0 aliphatic carbocycles. The van der Waals surface area contributed by atoms with Crippen LogP contribution in [0.15, 0.2) is 0 Å². The molecule has 1 heterocycles. The van der Waals surface area contributed by atoms with Crippen molar-refractivity contribution in [1.29, 1.82) is 0 Å². The Labute approximate surface area is 115 Å². The molecular formula is C12H24N2O4S. The Morgan fingerprint density at radius 1 is 1.53 bits per heavy atom. The number of carbonyl (C=O) groups is 1. The summed E-state index contributed by atoms with van der Waals surface area (Å²) in [4.78, 5) is 13.2. The number of carboxylic acids is 1. The van der Waals surface area contributed by atoms with Crippen molar-refractivity contribution in [3.8, 4) is 0 Å². The van der Waals surface area contributed by atoms with E-state index in [1.807, 2.05) is 11.8 Å². The van der Waals surface area contributed by atoms with Gasteiger partial charge in [0.15, 0.2) is 9.84 Å². The highest BCUT2D eigenvalue weighted by Crippen LogP contribution is 2.18. The summed E-state index contributed by atoms with van der Waals surface area (Å²) in [7, 11) is -1.15. The van der Waals surface area contributed by atoms with Crippen molar-refractivity contribution >= 4 is 15.8 Å². The Hall–Kier alpha value is -0.660. The van der Waals surface area contributed by atoms with Crippen LogP contribution in [0.5, 0.6) is 0 Å². The molecule has 6 nitrogen and oxygen atoms in total. The molecule has 0 bridgehead atoms. The Morgan fingerprint density at radius 2 is 2.16 bits per heavy atom. The molecule has 0 aromatic heterocycles. The number of nitrogens with zero attached hydrogens (tertiary/aromatic N) is 1. The van der Waals surface area contributed by atoms with Gasteiger partial charge in [-0.1, -0.05) is 6.92 Å². The number of hydrogen-bond donors (Lipinski definition) is 2. The van der Waals surface area contributed by atoms with Crippen molar-refractivity contribution in [2.45, 2.75) is 38.3 Å². The van der Waals surface area contributed by atoms with E-state index >= 15 is 0 Å². The quantitative estimate of drug-likeness (QED) is 0.684. The highest BCUT2D eigenvalue weighted by Gasteiger charge is 2.38. The van der Waals surface area contributed by atoms with Gasteiger partial charge in [-0.05, 0) is 33.4 Å². The molecule has 1 aliphatic rings. The van der Waals surface area contributed by atoms with Crippen molar-refractivity contribution in [2.75, 3.05) is 31.6 Å². The van der Waals surface area contributed by atoms with Crippen LogP contribution < -0.4 is 5.32 Å². The van der Waals surface area contributed by atoms with Crippen LogP contribution in [-0.2, 0) is 14.6 Å². The van der Waals surface area contributed by atoms with Gasteiger partial charge in [-0.15, -0.1) is 0 Å². The van der Waals surface area contributed by atoms with Crippen molar-refractivity contribution in [3.63, 3.8) is 0 Å². The average Bonchev–Trinajstić information content (AvgIpc) is 2.67. The fourth-order valence-electron chi connectivity index (χ4n) is 2.35. The average molecular weight is 292 g/mol. The zero-order valence-electron chi connectivity index (χ0n) is 11.8. The van der Waals surface area contributed by atoms with E-state index in [-0.39, 0.29) is 17.5 Å². The molecule has 0 aromatic rings. The minimum Gasteiger partial charge on any atom is -0.480 e. The van der Waals surface area contributed by atoms with Gasteiger partial charge in [0.1, 0.15) is 5.54 Å². The summed E-state index contributed by atoms with van der Waals surface area (Å²) in [5.41, 5.74) is -1.04. The first-order valence-electron chi connectivity index (χ1n) is 6.59. The van der Waals surface area contributed by atoms with Crippen molar-refractivity contribution in [2.24, 2.45) is 0 Å². The molecular weight excluding hydrogens is 268 g/mol. The van der Waals surface area contributed by atoms with Gasteiger partial charge in [0, 0.05) is 12.6 Å². The Bertz CT molecular complexity index is 423. The van der Waals surface area contributed by atoms with E-state index in [1.54, 1.807) is 14.0 Å². The molecule has 112 valence electrons. The normalized spacial score (nSPS) is 25.4. The van der Waals surface area contributed by atoms with Crippen LogP contribution in [0.3, 0.4) is 0 Å². The summed E-state index contributed by atoms with van der Waals surface area (Å²) in [6, 6.07) is -0.0768. The van der Waals surface area contributed by atoms with Crippen LogP contribution in [0.2, 0.25) is 0 Å². The molecule has 0 amide bonds. The summed E-state index contributed by atoms with van der Waals surface area (Å²) in [5.74, 6) is -0.574. The molecule has 2 unspecified atom stereocenters. The van der Waals surface area contributed by atoms with Gasteiger partial charge in [0.25, 0.3) is 0 Å². The maximum Gasteiger partial charge on any atom is 0.324 e. The molecule has 1 aliphatic heterocycles. The van der Waals surface area contributed by atoms with E-state index in [9.17, 15) is 18.3 Å². The first kappa shape index (κ1) is 16.4. The molecule has 1 rings (SSSR count). The fraction of sp³-hybridized carbons (Fsp3) is 0.917. The van der Waals surface area contributed by atoms with Gasteiger partial charge in [-0.3, -0.25) is 9.69 Å². The first-order chi connectivity index (χ1) is 8.70. The Kier molecular flexibility index (Phi) is 5.34. The Morgan fingerprint density at radius 3 is 2.58 bits per heavy atom. The number of aliphatic carboxylic acids is 1. The van der Waals surface area contributed by atoms with Crippen molar-refractivity contribution < 1.29 is 18.3 Å². The summed E-state index contributed by atoms with van der Waals surface area (Å²) in [6.45, 7) is 4.54. The minimum absolute atomic E-state index is 0.0768. The Balaban J connectivity index is 2.66. The monoisotopic (exact) mass is 292 g/mol. The predicted octanol–water partition coefficient (Wildman–Crippen LogP) is -0.0518. The molecule has 1 saturated heterocycles. The molecule has 0 aromatic carbocycles. The number of hydrogen-bond acceptors (Lipinski definition) is 5. The third-order valence-corrected chi connectivity index (χ3v) is 5.38. The smallest absolute Gasteiger partial charge is 0.324 e. The molecule has 0 saturated carbocycles. The maximum atomic E-state index is 11.5. The molecule has 0 radical (unpaired) electrons. The zero-order chi connectivity index (χ0) is 14.7. The van der Waals surface area contributed by atoms with E-state index in [0.717, 1.165) is 6.42 Å². The SMILES string of the molecule is CCCNC(C)(CN(C)C1CCS(=O)(=O)C1)C(=O)O. The second kappa shape index (κ2) is 6.19. The molecule has 2 N–H and O–H groups in total. The first-order valence-corrected chi connectivity index (χ1v) is 8.41. The minimum atomic E-state index is -2.94. The van der Waals surface area contributed by atoms with Crippen LogP contribution in [0.4, 0.5) is 0 Å². The molecule has 2 atom stereocenters. The van der Waals surface area contributed by atoms with Crippen molar-refractivity contribution in [3.05, 3.63) is 0 Å². The van der Waals surface area contributed by atoms with E-state index in [0.29, 0.717) is 19.5 Å². The van der Waals surface area contributed by atoms with E-state index in [1.165, 1.54) is 0 Å². The topological polar surface area (TPSA) is 86.7 Å². The van der Waals surface area contributed by atoms with E-state index in [2.05, 4.69) is 5.32 Å². The highest BCUT2D eigenvalue weighted by atomic mass is 32.2. The van der Waals surface area contributed by atoms with E-state index < -0.39 is 21.3 Å². The highest BCUT2D eigenvalue weighted by molar-refractivity contribution is 7.91. The van der Waals surface area contributed by atoms with Crippen LogP contribution in [0.25, 0.3) is 0 Å². The van der Waals surface area contributed by atoms with Gasteiger partial charge in [-0.25, -0.2) is 8.42 Å². The summed E-state index contributed by atoms with van der Waals surface area (Å²) in [5, 5.41) is 12.4. The lowest BCUT2D eigenvalue weighted by Crippen LogP contribution is -2.58. The number of rotatable bonds is 7. The lowest BCUT2D eigenvalue weighted by Gasteiger charge is -2.33. The molecule has 7 heteroatoms. The molecule has 1 fully saturated rings. The fourth-order valence-corrected chi connectivity index (χ4v) is 4.16. The summed E-state index contributed by atoms with van der Waals surface area (Å²) in [6.07, 6.45) is 1.44. The van der Waals surface area contributed by atoms with Crippen LogP contribution in [0.1, 0.15) is 26.7 Å². The van der Waals surface area contributed by atoms with Gasteiger partial charge >= 0.3 is 5.97 Å². The standard InChI is InChI=1S/C12H24N2O4S/c1-4-6-13-12(2,11(15)16)9-14(3)10-5-7-19(17,18)8-10/h10,13H,4-9H2,1-3H3,(H,15,16). The maximum absolute atomic E-state index is 11.5. The van der Waals surface area contributed by atoms with Crippen LogP contribution >= 0.6 is 0 Å². The summed E-state index contributed by atoms with van der Waals surface area (Å²) >= 11 is 0. The number of likely N-dealkylation sites (N-methyl/N-ethyl adjacent to an activating group) is 1. The van der Waals surface area contributed by atoms with E-state index in [4.69, 9.17) is 0 Å². The molecule has 0 spiro atoms. The van der Waals surface area contributed by atoms with Gasteiger partial charge < -0.3 is 10.4 Å². The van der Waals surface area contributed by atoms with Crippen LogP contribution in [-0.4, -0.2) is 67.6 Å².